The zero-order chi connectivity index (χ0) is 18.0. The SMILES string of the molecule is COc1ccc(CC(=O)Nc2nc3c(OC)ccc(C)c3s2)cc1C. The largest absolute Gasteiger partial charge is 0.496 e. The second kappa shape index (κ2) is 7.11. The summed E-state index contributed by atoms with van der Waals surface area (Å²) in [6.45, 7) is 3.98. The Morgan fingerprint density at radius 3 is 2.48 bits per heavy atom. The van der Waals surface area contributed by atoms with Crippen LogP contribution in [0.25, 0.3) is 10.2 Å². The molecule has 0 bridgehead atoms. The number of nitrogens with one attached hydrogen (secondary N) is 1. The van der Waals surface area contributed by atoms with Gasteiger partial charge in [-0.15, -0.1) is 0 Å². The summed E-state index contributed by atoms with van der Waals surface area (Å²) < 4.78 is 11.6. The van der Waals surface area contributed by atoms with E-state index in [9.17, 15) is 4.79 Å². The van der Waals surface area contributed by atoms with E-state index in [4.69, 9.17) is 9.47 Å². The molecule has 6 heteroatoms. The summed E-state index contributed by atoms with van der Waals surface area (Å²) in [5.74, 6) is 1.43. The summed E-state index contributed by atoms with van der Waals surface area (Å²) in [5, 5.41) is 3.47. The van der Waals surface area contributed by atoms with Gasteiger partial charge in [-0.1, -0.05) is 29.5 Å². The quantitative estimate of drug-likeness (QED) is 0.747. The van der Waals surface area contributed by atoms with E-state index in [0.29, 0.717) is 10.9 Å². The van der Waals surface area contributed by atoms with Gasteiger partial charge in [-0.25, -0.2) is 4.98 Å². The van der Waals surface area contributed by atoms with Crippen molar-refractivity contribution in [2.75, 3.05) is 19.5 Å². The average molecular weight is 356 g/mol. The monoisotopic (exact) mass is 356 g/mol. The Bertz CT molecular complexity index is 934. The lowest BCUT2D eigenvalue weighted by atomic mass is 10.1. The number of ether oxygens (including phenoxy) is 2. The van der Waals surface area contributed by atoms with Crippen LogP contribution in [0.3, 0.4) is 0 Å². The van der Waals surface area contributed by atoms with Gasteiger partial charge in [0, 0.05) is 0 Å². The lowest BCUT2D eigenvalue weighted by Gasteiger charge is -2.07. The van der Waals surface area contributed by atoms with Gasteiger partial charge >= 0.3 is 0 Å². The molecule has 0 aliphatic rings. The fraction of sp³-hybridized carbons (Fsp3) is 0.263. The van der Waals surface area contributed by atoms with Crippen molar-refractivity contribution in [3.8, 4) is 11.5 Å². The number of methoxy groups -OCH3 is 2. The van der Waals surface area contributed by atoms with Crippen LogP contribution in [0.5, 0.6) is 11.5 Å². The number of hydrogen-bond donors (Lipinski definition) is 1. The summed E-state index contributed by atoms with van der Waals surface area (Å²) in [4.78, 5) is 16.9. The smallest absolute Gasteiger partial charge is 0.230 e. The summed E-state index contributed by atoms with van der Waals surface area (Å²) in [5.41, 5.74) is 3.83. The van der Waals surface area contributed by atoms with Crippen LogP contribution in [0.15, 0.2) is 30.3 Å². The fourth-order valence-corrected chi connectivity index (χ4v) is 3.69. The molecule has 1 aromatic heterocycles. The van der Waals surface area contributed by atoms with Crippen molar-refractivity contribution >= 4 is 32.6 Å². The topological polar surface area (TPSA) is 60.5 Å². The molecule has 0 radical (unpaired) electrons. The maximum Gasteiger partial charge on any atom is 0.230 e. The van der Waals surface area contributed by atoms with Crippen LogP contribution in [0.1, 0.15) is 16.7 Å². The molecule has 3 rings (SSSR count). The van der Waals surface area contributed by atoms with E-state index in [2.05, 4.69) is 10.3 Å². The molecule has 0 aliphatic carbocycles. The number of amides is 1. The maximum absolute atomic E-state index is 12.4. The van der Waals surface area contributed by atoms with Crippen LogP contribution in [0.4, 0.5) is 5.13 Å². The summed E-state index contributed by atoms with van der Waals surface area (Å²) in [6, 6.07) is 9.62. The predicted octanol–water partition coefficient (Wildman–Crippen LogP) is 4.11. The molecule has 0 unspecified atom stereocenters. The van der Waals surface area contributed by atoms with Gasteiger partial charge in [-0.2, -0.15) is 0 Å². The molecule has 0 saturated heterocycles. The highest BCUT2D eigenvalue weighted by Crippen LogP contribution is 2.34. The summed E-state index contributed by atoms with van der Waals surface area (Å²) >= 11 is 1.46. The summed E-state index contributed by atoms with van der Waals surface area (Å²) in [6.07, 6.45) is 0.289. The Morgan fingerprint density at radius 2 is 1.80 bits per heavy atom. The number of aromatic nitrogens is 1. The zero-order valence-corrected chi connectivity index (χ0v) is 15.5. The number of hydrogen-bond acceptors (Lipinski definition) is 5. The first-order valence-electron chi connectivity index (χ1n) is 7.89. The Balaban J connectivity index is 1.78. The van der Waals surface area contributed by atoms with Gasteiger partial charge < -0.3 is 14.8 Å². The molecule has 0 aliphatic heterocycles. The Kier molecular flexibility index (Phi) is 4.90. The van der Waals surface area contributed by atoms with E-state index >= 15 is 0 Å². The molecule has 0 saturated carbocycles. The highest BCUT2D eigenvalue weighted by Gasteiger charge is 2.13. The number of thiazole rings is 1. The Morgan fingerprint density at radius 1 is 1.08 bits per heavy atom. The van der Waals surface area contributed by atoms with Crippen LogP contribution < -0.4 is 14.8 Å². The van der Waals surface area contributed by atoms with E-state index in [0.717, 1.165) is 32.7 Å². The first-order chi connectivity index (χ1) is 12.0. The van der Waals surface area contributed by atoms with Crippen LogP contribution in [0, 0.1) is 13.8 Å². The standard InChI is InChI=1S/C19H20N2O3S/c1-11-5-7-15(24-4)17-18(11)25-19(21-17)20-16(22)10-13-6-8-14(23-3)12(2)9-13/h5-9H,10H2,1-4H3,(H,20,21,22). The number of carbonyl (C=O) groups excluding carboxylic acids is 1. The number of anilines is 1. The predicted molar refractivity (Wildman–Crippen MR) is 101 cm³/mol. The molecule has 0 spiro atoms. The zero-order valence-electron chi connectivity index (χ0n) is 14.7. The Hall–Kier alpha value is -2.60. The first kappa shape index (κ1) is 17.2. The van der Waals surface area contributed by atoms with Crippen molar-refractivity contribution < 1.29 is 14.3 Å². The van der Waals surface area contributed by atoms with Gasteiger partial charge in [0.15, 0.2) is 5.13 Å². The minimum Gasteiger partial charge on any atom is -0.496 e. The van der Waals surface area contributed by atoms with Gasteiger partial charge in [0.05, 0.1) is 25.3 Å². The van der Waals surface area contributed by atoms with Crippen molar-refractivity contribution in [1.29, 1.82) is 0 Å². The molecule has 5 nitrogen and oxygen atoms in total. The lowest BCUT2D eigenvalue weighted by Crippen LogP contribution is -2.14. The van der Waals surface area contributed by atoms with Crippen molar-refractivity contribution in [2.24, 2.45) is 0 Å². The van der Waals surface area contributed by atoms with Crippen LogP contribution in [-0.2, 0) is 11.2 Å². The van der Waals surface area contributed by atoms with E-state index in [-0.39, 0.29) is 12.3 Å². The van der Waals surface area contributed by atoms with Crippen molar-refractivity contribution in [2.45, 2.75) is 20.3 Å². The second-order valence-corrected chi connectivity index (χ2v) is 6.81. The minimum absolute atomic E-state index is 0.0970. The molecule has 130 valence electrons. The molecule has 1 amide bonds. The number of nitrogens with zero attached hydrogens (tertiary/aromatic N) is 1. The Labute approximate surface area is 150 Å². The minimum atomic E-state index is -0.0970. The van der Waals surface area contributed by atoms with Crippen LogP contribution in [-0.4, -0.2) is 25.1 Å². The molecule has 3 aromatic rings. The fourth-order valence-electron chi connectivity index (χ4n) is 2.73. The lowest BCUT2D eigenvalue weighted by molar-refractivity contribution is -0.115. The van der Waals surface area contributed by atoms with Gasteiger partial charge in [0.2, 0.25) is 5.91 Å². The molecule has 2 aromatic carbocycles. The van der Waals surface area contributed by atoms with Gasteiger partial charge in [-0.05, 0) is 42.7 Å². The maximum atomic E-state index is 12.4. The molecule has 0 atom stereocenters. The number of rotatable bonds is 5. The molecular weight excluding hydrogens is 336 g/mol. The highest BCUT2D eigenvalue weighted by atomic mass is 32.1. The number of benzene rings is 2. The third-order valence-electron chi connectivity index (χ3n) is 3.99. The van der Waals surface area contributed by atoms with Crippen LogP contribution >= 0.6 is 11.3 Å². The van der Waals surface area contributed by atoms with Crippen LogP contribution in [0.2, 0.25) is 0 Å². The molecular formula is C19H20N2O3S. The molecule has 1 heterocycles. The number of carbonyl (C=O) groups is 1. The third-order valence-corrected chi connectivity index (χ3v) is 5.10. The molecule has 0 fully saturated rings. The third kappa shape index (κ3) is 3.58. The average Bonchev–Trinajstić information content (AvgIpc) is 3.00. The normalized spacial score (nSPS) is 10.7. The summed E-state index contributed by atoms with van der Waals surface area (Å²) in [7, 11) is 3.26. The van der Waals surface area contributed by atoms with Gasteiger partial charge in [0.1, 0.15) is 17.0 Å². The van der Waals surface area contributed by atoms with E-state index in [1.807, 2.05) is 44.2 Å². The first-order valence-corrected chi connectivity index (χ1v) is 8.71. The highest BCUT2D eigenvalue weighted by molar-refractivity contribution is 7.22. The second-order valence-electron chi connectivity index (χ2n) is 5.81. The number of fused-ring (bicyclic) bond motifs is 1. The number of aryl methyl sites for hydroxylation is 2. The van der Waals surface area contributed by atoms with Gasteiger partial charge in [0.25, 0.3) is 0 Å². The van der Waals surface area contributed by atoms with E-state index < -0.39 is 0 Å². The van der Waals surface area contributed by atoms with Gasteiger partial charge in [-0.3, -0.25) is 4.79 Å². The van der Waals surface area contributed by atoms with Crippen molar-refractivity contribution in [3.05, 3.63) is 47.0 Å². The van der Waals surface area contributed by atoms with E-state index in [1.54, 1.807) is 14.2 Å². The van der Waals surface area contributed by atoms with E-state index in [1.165, 1.54) is 11.3 Å². The van der Waals surface area contributed by atoms with Crippen molar-refractivity contribution in [3.63, 3.8) is 0 Å². The molecule has 25 heavy (non-hydrogen) atoms. The van der Waals surface area contributed by atoms with Crippen molar-refractivity contribution in [1.82, 2.24) is 4.98 Å². The molecule has 1 N–H and O–H groups in total.